The van der Waals surface area contributed by atoms with E-state index in [2.05, 4.69) is 19.8 Å². The van der Waals surface area contributed by atoms with Gasteiger partial charge in [-0.3, -0.25) is 4.74 Å². The molecule has 0 aliphatic rings. The van der Waals surface area contributed by atoms with Crippen molar-refractivity contribution in [2.24, 2.45) is 5.90 Å². The molecule has 0 heterocycles. The molecule has 2 atom stereocenters. The second-order valence-electron chi connectivity index (χ2n) is 3.60. The summed E-state index contributed by atoms with van der Waals surface area (Å²) >= 11 is -0.845. The van der Waals surface area contributed by atoms with Crippen molar-refractivity contribution >= 4 is 20.0 Å². The molecule has 0 spiro atoms. The largest absolute Gasteiger partial charge is 0.716 e. The van der Waals surface area contributed by atoms with E-state index in [9.17, 15) is 48.5 Å². The number of nitrogens with two attached hydrogens (primary N) is 1. The summed E-state index contributed by atoms with van der Waals surface area (Å²) < 4.78 is 145. The van der Waals surface area contributed by atoms with Crippen LogP contribution in [0.25, 0.3) is 0 Å². The van der Waals surface area contributed by atoms with Gasteiger partial charge in [0.1, 0.15) is 6.61 Å². The minimum absolute atomic E-state index is 0.839. The summed E-state index contributed by atoms with van der Waals surface area (Å²) in [5, 5.41) is -4.95. The van der Waals surface area contributed by atoms with Crippen molar-refractivity contribution in [2.45, 2.75) is 29.8 Å². The molecule has 0 aliphatic carbocycles. The molecule has 0 radical (unpaired) electrons. The summed E-state index contributed by atoms with van der Waals surface area (Å²) in [7, 11) is -2.89. The van der Waals surface area contributed by atoms with Gasteiger partial charge in [0, 0.05) is 10.3 Å². The van der Waals surface area contributed by atoms with Gasteiger partial charge in [-0.15, -0.1) is 4.52 Å². The van der Waals surface area contributed by atoms with Gasteiger partial charge in [0.25, 0.3) is 6.36 Å². The van der Waals surface area contributed by atoms with E-state index < -0.39 is 62.2 Å². The Labute approximate surface area is 131 Å². The smallest absolute Gasteiger partial charge is 0.273 e. The van der Waals surface area contributed by atoms with Crippen molar-refractivity contribution in [1.82, 2.24) is 0 Å². The minimum atomic E-state index is -6.91. The molecule has 0 amide bonds. The van der Waals surface area contributed by atoms with Crippen LogP contribution in [0.3, 0.4) is 0 Å². The Bertz CT molecular complexity index is 436. The molecule has 0 aliphatic heterocycles. The number of halogens is 10. The lowest BCUT2D eigenvalue weighted by Crippen LogP contribution is -2.55. The molecular weight excluding hydrogens is 415 g/mol. The van der Waals surface area contributed by atoms with Gasteiger partial charge in [-0.2, -0.15) is 45.4 Å². The fraction of sp³-hybridized carbons (Fsp3) is 1.00. The van der Waals surface area contributed by atoms with E-state index in [1.807, 2.05) is 0 Å². The first-order chi connectivity index (χ1) is 10.6. The molecule has 0 bridgehead atoms. The van der Waals surface area contributed by atoms with Gasteiger partial charge in [-0.05, 0) is 4.62 Å². The quantitative estimate of drug-likeness (QED) is 0.249. The lowest BCUT2D eigenvalue weighted by atomic mass is 10.3. The average molecular weight is 422 g/mol. The fourth-order valence-electron chi connectivity index (χ4n) is 0.823. The Kier molecular flexibility index (Phi) is 8.17. The third kappa shape index (κ3) is 6.15. The van der Waals surface area contributed by atoms with E-state index >= 15 is 0 Å². The monoisotopic (exact) mass is 422 g/mol. The van der Waals surface area contributed by atoms with E-state index in [1.165, 1.54) is 0 Å². The molecule has 0 saturated heterocycles. The first kappa shape index (κ1) is 23.6. The van der Waals surface area contributed by atoms with E-state index in [0.717, 1.165) is 0 Å². The highest BCUT2D eigenvalue weighted by Gasteiger charge is 2.75. The summed E-state index contributed by atoms with van der Waals surface area (Å²) in [6.07, 6.45) is -18.0. The molecule has 17 heteroatoms. The number of ether oxygens (including phenoxy) is 1. The molecular formula is C7H7F10NO4PS+. The second kappa shape index (κ2) is 8.31. The zero-order chi connectivity index (χ0) is 19.4. The van der Waals surface area contributed by atoms with E-state index in [1.54, 1.807) is 0 Å². The standard InChI is InChI=1S/C7H7F10NO4PS/c8-3(4(9,10)24-2-1-20-23(19)22-18)21-7(16,17)5(11,12)6(13,14)15/h3H,1-2,18H2/q+1. The van der Waals surface area contributed by atoms with Crippen molar-refractivity contribution in [3.05, 3.63) is 0 Å². The number of hydrogen-bond donors (Lipinski definition) is 1. The first-order valence-corrected chi connectivity index (χ1v) is 7.29. The molecule has 2 unspecified atom stereocenters. The van der Waals surface area contributed by atoms with Gasteiger partial charge in [0.05, 0.1) is 0 Å². The van der Waals surface area contributed by atoms with Crippen molar-refractivity contribution in [3.63, 3.8) is 0 Å². The average Bonchev–Trinajstić information content (AvgIpc) is 2.41. The van der Waals surface area contributed by atoms with Crippen LogP contribution in [0.4, 0.5) is 43.9 Å². The van der Waals surface area contributed by atoms with Crippen LogP contribution in [0.1, 0.15) is 0 Å². The number of alkyl halides is 10. The third-order valence-corrected chi connectivity index (χ3v) is 3.40. The van der Waals surface area contributed by atoms with Gasteiger partial charge in [0.15, 0.2) is 0 Å². The van der Waals surface area contributed by atoms with E-state index in [-0.39, 0.29) is 0 Å². The van der Waals surface area contributed by atoms with Crippen LogP contribution in [0, 0.1) is 0 Å². The highest BCUT2D eigenvalue weighted by molar-refractivity contribution is 8.00. The van der Waals surface area contributed by atoms with Gasteiger partial charge in [-0.25, -0.2) is 4.39 Å². The van der Waals surface area contributed by atoms with Crippen LogP contribution in [0.5, 0.6) is 0 Å². The van der Waals surface area contributed by atoms with Gasteiger partial charge >= 0.3 is 31.7 Å². The van der Waals surface area contributed by atoms with Gasteiger partial charge < -0.3 is 0 Å². The molecule has 0 aromatic rings. The van der Waals surface area contributed by atoms with Crippen LogP contribution in [0.2, 0.25) is 0 Å². The van der Waals surface area contributed by atoms with Gasteiger partial charge in [0.2, 0.25) is 0 Å². The zero-order valence-corrected chi connectivity index (χ0v) is 12.5. The Morgan fingerprint density at radius 3 is 1.96 bits per heavy atom. The maximum Gasteiger partial charge on any atom is 0.716 e. The number of hydrogen-bond acceptors (Lipinski definition) is 6. The fourth-order valence-corrected chi connectivity index (χ4v) is 1.87. The molecule has 0 aromatic heterocycles. The molecule has 0 aromatic carbocycles. The highest BCUT2D eigenvalue weighted by Crippen LogP contribution is 2.49. The Balaban J connectivity index is 4.77. The van der Waals surface area contributed by atoms with Crippen molar-refractivity contribution < 1.29 is 62.4 Å². The number of rotatable bonds is 10. The van der Waals surface area contributed by atoms with Crippen molar-refractivity contribution in [3.8, 4) is 0 Å². The third-order valence-electron chi connectivity index (χ3n) is 1.90. The second-order valence-corrected chi connectivity index (χ2v) is 5.75. The molecule has 0 saturated carbocycles. The SMILES string of the molecule is NO[P+](=O)OCCSC(F)(F)C(F)OC(F)(F)C(F)(F)C(F)(F)F. The highest BCUT2D eigenvalue weighted by atomic mass is 32.2. The lowest BCUT2D eigenvalue weighted by Gasteiger charge is -2.30. The molecule has 144 valence electrons. The summed E-state index contributed by atoms with van der Waals surface area (Å²) in [5.41, 5.74) is 0. The molecule has 0 fully saturated rings. The van der Waals surface area contributed by atoms with E-state index in [0.29, 0.717) is 0 Å². The molecule has 2 N–H and O–H groups in total. The van der Waals surface area contributed by atoms with Crippen LogP contribution < -0.4 is 5.90 Å². The molecule has 24 heavy (non-hydrogen) atoms. The first-order valence-electron chi connectivity index (χ1n) is 5.21. The summed E-state index contributed by atoms with van der Waals surface area (Å²) in [6.45, 7) is -0.839. The number of thioether (sulfide) groups is 1. The topological polar surface area (TPSA) is 70.8 Å². The Morgan fingerprint density at radius 2 is 1.54 bits per heavy atom. The molecule has 5 nitrogen and oxygen atoms in total. The summed E-state index contributed by atoms with van der Waals surface area (Å²) in [4.78, 5) is 0. The summed E-state index contributed by atoms with van der Waals surface area (Å²) in [6, 6.07) is 0. The lowest BCUT2D eigenvalue weighted by molar-refractivity contribution is -0.446. The normalized spacial score (nSPS) is 16.2. The predicted molar refractivity (Wildman–Crippen MR) is 58.2 cm³/mol. The van der Waals surface area contributed by atoms with Crippen LogP contribution in [-0.2, 0) is 18.5 Å². The molecule has 0 rings (SSSR count). The van der Waals surface area contributed by atoms with Crippen molar-refractivity contribution in [2.75, 3.05) is 12.4 Å². The van der Waals surface area contributed by atoms with Crippen LogP contribution >= 0.6 is 20.0 Å². The maximum absolute atomic E-state index is 13.1. The Morgan fingerprint density at radius 1 is 1.04 bits per heavy atom. The zero-order valence-electron chi connectivity index (χ0n) is 10.8. The van der Waals surface area contributed by atoms with Gasteiger partial charge in [-0.1, -0.05) is 11.8 Å². The van der Waals surface area contributed by atoms with Crippen molar-refractivity contribution in [1.29, 1.82) is 0 Å². The van der Waals surface area contributed by atoms with Crippen LogP contribution in [-0.4, -0.2) is 42.2 Å². The van der Waals surface area contributed by atoms with E-state index in [4.69, 9.17) is 0 Å². The maximum atomic E-state index is 13.1. The Hall–Kier alpha value is -0.410. The summed E-state index contributed by atoms with van der Waals surface area (Å²) in [5.74, 6) is -3.52. The predicted octanol–water partition coefficient (Wildman–Crippen LogP) is 3.98. The van der Waals surface area contributed by atoms with Crippen LogP contribution in [0.15, 0.2) is 0 Å². The minimum Gasteiger partial charge on any atom is -0.273 e.